The Morgan fingerprint density at radius 3 is 2.78 bits per heavy atom. The predicted octanol–water partition coefficient (Wildman–Crippen LogP) is 1.17. The SMILES string of the molecule is COc1ccc2c(c1)C(=O)N(C[C@@]1(C#Cc3ccc4ccn(C)c4n3)NC(=O)NC1=O)C2. The molecule has 160 valence electrons. The quantitative estimate of drug-likeness (QED) is 0.480. The van der Waals surface area contributed by atoms with E-state index >= 15 is 0 Å². The van der Waals surface area contributed by atoms with Crippen molar-refractivity contribution < 1.29 is 19.1 Å². The van der Waals surface area contributed by atoms with Gasteiger partial charge in [-0.1, -0.05) is 12.0 Å². The lowest BCUT2D eigenvalue weighted by Gasteiger charge is -2.26. The third kappa shape index (κ3) is 3.13. The highest BCUT2D eigenvalue weighted by molar-refractivity contribution is 6.10. The fourth-order valence-electron chi connectivity index (χ4n) is 3.99. The molecule has 2 aliphatic heterocycles. The average molecular weight is 429 g/mol. The number of imide groups is 1. The van der Waals surface area contributed by atoms with Crippen molar-refractivity contribution in [2.75, 3.05) is 13.7 Å². The minimum absolute atomic E-state index is 0.0974. The smallest absolute Gasteiger partial charge is 0.323 e. The molecule has 3 aromatic rings. The summed E-state index contributed by atoms with van der Waals surface area (Å²) in [6.07, 6.45) is 1.90. The van der Waals surface area contributed by atoms with Crippen molar-refractivity contribution in [2.45, 2.75) is 12.1 Å². The van der Waals surface area contributed by atoms with E-state index in [0.29, 0.717) is 23.6 Å². The van der Waals surface area contributed by atoms with Gasteiger partial charge in [-0.05, 0) is 41.8 Å². The number of amides is 4. The zero-order valence-electron chi connectivity index (χ0n) is 17.4. The van der Waals surface area contributed by atoms with Crippen molar-refractivity contribution in [3.63, 3.8) is 0 Å². The van der Waals surface area contributed by atoms with Gasteiger partial charge in [-0.3, -0.25) is 14.9 Å². The van der Waals surface area contributed by atoms with Crippen LogP contribution in [0.3, 0.4) is 0 Å². The number of benzene rings is 1. The van der Waals surface area contributed by atoms with Crippen LogP contribution < -0.4 is 15.4 Å². The van der Waals surface area contributed by atoms with Gasteiger partial charge in [0.15, 0.2) is 0 Å². The van der Waals surface area contributed by atoms with Gasteiger partial charge >= 0.3 is 6.03 Å². The largest absolute Gasteiger partial charge is 0.497 e. The first kappa shape index (κ1) is 19.6. The second kappa shape index (κ2) is 7.13. The number of pyridine rings is 1. The number of fused-ring (bicyclic) bond motifs is 2. The highest BCUT2D eigenvalue weighted by atomic mass is 16.5. The van der Waals surface area contributed by atoms with Crippen LogP contribution in [0.1, 0.15) is 21.6 Å². The van der Waals surface area contributed by atoms with Crippen molar-refractivity contribution in [3.05, 3.63) is 59.4 Å². The number of urea groups is 1. The monoisotopic (exact) mass is 429 g/mol. The van der Waals surface area contributed by atoms with Crippen LogP contribution in [0.2, 0.25) is 0 Å². The van der Waals surface area contributed by atoms with Crippen LogP contribution in [-0.2, 0) is 18.4 Å². The number of nitrogens with one attached hydrogen (secondary N) is 2. The maximum absolute atomic E-state index is 13.0. The Hall–Kier alpha value is -4.32. The predicted molar refractivity (Wildman–Crippen MR) is 115 cm³/mol. The van der Waals surface area contributed by atoms with Crippen molar-refractivity contribution in [1.82, 2.24) is 25.1 Å². The van der Waals surface area contributed by atoms with Crippen LogP contribution in [0.25, 0.3) is 11.0 Å². The number of aryl methyl sites for hydroxylation is 1. The fourth-order valence-corrected chi connectivity index (χ4v) is 3.99. The topological polar surface area (TPSA) is 106 Å². The third-order valence-electron chi connectivity index (χ3n) is 5.69. The molecule has 0 aliphatic carbocycles. The molecule has 5 rings (SSSR count). The van der Waals surface area contributed by atoms with Crippen LogP contribution in [0.5, 0.6) is 5.75 Å². The fraction of sp³-hybridized carbons (Fsp3) is 0.217. The number of aromatic nitrogens is 2. The van der Waals surface area contributed by atoms with Crippen LogP contribution >= 0.6 is 0 Å². The molecule has 9 nitrogen and oxygen atoms in total. The normalized spacial score (nSPS) is 19.4. The number of methoxy groups -OCH3 is 1. The Morgan fingerprint density at radius 1 is 1.19 bits per heavy atom. The summed E-state index contributed by atoms with van der Waals surface area (Å²) in [5.41, 5.74) is 0.953. The Bertz CT molecular complexity index is 1370. The van der Waals surface area contributed by atoms with Crippen LogP contribution in [0.15, 0.2) is 42.6 Å². The van der Waals surface area contributed by atoms with E-state index < -0.39 is 17.5 Å². The standard InChI is InChI=1S/C23H19N5O4/c1-27-10-8-14-3-5-16(24-19(14)27)7-9-23(21(30)25-22(31)26-23)13-28-12-15-4-6-17(32-2)11-18(15)20(28)29/h3-6,8,10-11H,12-13H2,1-2H3,(H2,25,26,30,31)/t23-/m1/s1. The van der Waals surface area contributed by atoms with E-state index in [1.54, 1.807) is 18.2 Å². The number of nitrogens with zero attached hydrogens (tertiary/aromatic N) is 3. The molecular formula is C23H19N5O4. The molecular weight excluding hydrogens is 410 g/mol. The van der Waals surface area contributed by atoms with E-state index in [1.807, 2.05) is 36.0 Å². The van der Waals surface area contributed by atoms with Gasteiger partial charge < -0.3 is 19.5 Å². The number of carbonyl (C=O) groups excluding carboxylic acids is 3. The molecule has 0 bridgehead atoms. The Labute approximate surface area is 183 Å². The van der Waals surface area contributed by atoms with Crippen LogP contribution in [-0.4, -0.2) is 51.5 Å². The zero-order valence-corrected chi connectivity index (χ0v) is 17.4. The number of hydrogen-bond donors (Lipinski definition) is 2. The molecule has 1 atom stereocenters. The lowest BCUT2D eigenvalue weighted by Crippen LogP contribution is -2.54. The summed E-state index contributed by atoms with van der Waals surface area (Å²) in [6.45, 7) is 0.206. The van der Waals surface area contributed by atoms with Crippen LogP contribution in [0.4, 0.5) is 4.79 Å². The molecule has 1 fully saturated rings. The Balaban J connectivity index is 1.48. The van der Waals surface area contributed by atoms with Crippen molar-refractivity contribution in [3.8, 4) is 17.6 Å². The van der Waals surface area contributed by atoms with Gasteiger partial charge in [-0.15, -0.1) is 0 Å². The minimum atomic E-state index is -1.58. The Kier molecular flexibility index (Phi) is 4.37. The Morgan fingerprint density at radius 2 is 2.03 bits per heavy atom. The third-order valence-corrected chi connectivity index (χ3v) is 5.69. The number of ether oxygens (including phenoxy) is 1. The summed E-state index contributed by atoms with van der Waals surface area (Å²) < 4.78 is 7.07. The number of hydrogen-bond acceptors (Lipinski definition) is 5. The van der Waals surface area contributed by atoms with Gasteiger partial charge in [0.25, 0.3) is 11.8 Å². The molecule has 0 spiro atoms. The maximum Gasteiger partial charge on any atom is 0.323 e. The van der Waals surface area contributed by atoms with E-state index in [9.17, 15) is 14.4 Å². The summed E-state index contributed by atoms with van der Waals surface area (Å²) in [4.78, 5) is 43.7. The van der Waals surface area contributed by atoms with Gasteiger partial charge in [0.2, 0.25) is 5.54 Å². The molecule has 0 radical (unpaired) electrons. The molecule has 2 aliphatic rings. The molecule has 1 aromatic carbocycles. The zero-order chi connectivity index (χ0) is 22.5. The highest BCUT2D eigenvalue weighted by Gasteiger charge is 2.48. The van der Waals surface area contributed by atoms with Gasteiger partial charge in [-0.25, -0.2) is 9.78 Å². The molecule has 0 unspecified atom stereocenters. The first-order chi connectivity index (χ1) is 15.4. The van der Waals surface area contributed by atoms with E-state index in [-0.39, 0.29) is 12.5 Å². The van der Waals surface area contributed by atoms with Crippen molar-refractivity contribution >= 4 is 28.9 Å². The molecule has 4 amide bonds. The molecule has 2 aromatic heterocycles. The summed E-state index contributed by atoms with van der Waals surface area (Å²) in [5, 5.41) is 5.80. The van der Waals surface area contributed by atoms with Crippen molar-refractivity contribution in [2.24, 2.45) is 7.05 Å². The molecule has 32 heavy (non-hydrogen) atoms. The lowest BCUT2D eigenvalue weighted by atomic mass is 9.99. The van der Waals surface area contributed by atoms with Gasteiger partial charge in [-0.2, -0.15) is 0 Å². The summed E-state index contributed by atoms with van der Waals surface area (Å²) >= 11 is 0. The lowest BCUT2D eigenvalue weighted by molar-refractivity contribution is -0.122. The molecule has 1 saturated heterocycles. The molecule has 9 heteroatoms. The average Bonchev–Trinajstić information content (AvgIpc) is 3.40. The minimum Gasteiger partial charge on any atom is -0.497 e. The number of carbonyl (C=O) groups is 3. The second-order valence-corrected chi connectivity index (χ2v) is 7.78. The number of rotatable bonds is 3. The first-order valence-electron chi connectivity index (χ1n) is 9.93. The van der Waals surface area contributed by atoms with Gasteiger partial charge in [0.05, 0.1) is 13.7 Å². The summed E-state index contributed by atoms with van der Waals surface area (Å²) in [5.74, 6) is 5.51. The van der Waals surface area contributed by atoms with Crippen LogP contribution in [0, 0.1) is 11.8 Å². The van der Waals surface area contributed by atoms with E-state index in [0.717, 1.165) is 16.6 Å². The maximum atomic E-state index is 13.0. The van der Waals surface area contributed by atoms with Gasteiger partial charge in [0, 0.05) is 30.7 Å². The molecule has 4 heterocycles. The van der Waals surface area contributed by atoms with Gasteiger partial charge in [0.1, 0.15) is 17.1 Å². The van der Waals surface area contributed by atoms with E-state index in [4.69, 9.17) is 4.74 Å². The van der Waals surface area contributed by atoms with E-state index in [2.05, 4.69) is 27.5 Å². The summed E-state index contributed by atoms with van der Waals surface area (Å²) in [6, 6.07) is 10.2. The van der Waals surface area contributed by atoms with E-state index in [1.165, 1.54) is 12.0 Å². The highest BCUT2D eigenvalue weighted by Crippen LogP contribution is 2.28. The van der Waals surface area contributed by atoms with Crippen molar-refractivity contribution in [1.29, 1.82) is 0 Å². The molecule has 2 N–H and O–H groups in total. The second-order valence-electron chi connectivity index (χ2n) is 7.78. The first-order valence-corrected chi connectivity index (χ1v) is 9.93. The summed E-state index contributed by atoms with van der Waals surface area (Å²) in [7, 11) is 3.41. The molecule has 0 saturated carbocycles.